The summed E-state index contributed by atoms with van der Waals surface area (Å²) in [5.41, 5.74) is -1.43. The molecule has 0 aromatic carbocycles. The second-order valence-electron chi connectivity index (χ2n) is 3.50. The van der Waals surface area contributed by atoms with Gasteiger partial charge < -0.3 is 4.79 Å². The largest absolute Gasteiger partial charge is 0.300 e. The van der Waals surface area contributed by atoms with Gasteiger partial charge in [0.1, 0.15) is 11.5 Å². The van der Waals surface area contributed by atoms with E-state index in [9.17, 15) is 9.18 Å². The highest BCUT2D eigenvalue weighted by molar-refractivity contribution is 5.75. The first kappa shape index (κ1) is 12.8. The van der Waals surface area contributed by atoms with Crippen molar-refractivity contribution in [2.75, 3.05) is 0 Å². The smallest absolute Gasteiger partial charge is 0.129 e. The summed E-state index contributed by atoms with van der Waals surface area (Å²) in [5, 5.41) is 8.37. The molecule has 0 spiro atoms. The Morgan fingerprint density at radius 3 is 2.71 bits per heavy atom. The van der Waals surface area contributed by atoms with Gasteiger partial charge in [-0.1, -0.05) is 6.08 Å². The Kier molecular flexibility index (Phi) is 5.78. The topological polar surface area (TPSA) is 40.9 Å². The van der Waals surface area contributed by atoms with Crippen molar-refractivity contribution in [2.24, 2.45) is 0 Å². The molecule has 0 radical (unpaired) electrons. The van der Waals surface area contributed by atoms with Crippen LogP contribution < -0.4 is 0 Å². The molecule has 0 saturated heterocycles. The van der Waals surface area contributed by atoms with Gasteiger partial charge in [-0.3, -0.25) is 0 Å². The Morgan fingerprint density at radius 2 is 2.29 bits per heavy atom. The van der Waals surface area contributed by atoms with Gasteiger partial charge in [0.25, 0.3) is 0 Å². The summed E-state index contributed by atoms with van der Waals surface area (Å²) >= 11 is 0. The second kappa shape index (κ2) is 6.31. The predicted molar refractivity (Wildman–Crippen MR) is 53.4 cm³/mol. The highest BCUT2D eigenvalue weighted by Gasteiger charge is 2.27. The van der Waals surface area contributed by atoms with Crippen LogP contribution in [0, 0.1) is 11.3 Å². The van der Waals surface area contributed by atoms with Crippen molar-refractivity contribution >= 4 is 5.78 Å². The molecule has 3 heteroatoms. The van der Waals surface area contributed by atoms with Crippen LogP contribution in [0.25, 0.3) is 0 Å². The number of allylic oxidation sites excluding steroid dienone is 1. The zero-order valence-electron chi connectivity index (χ0n) is 8.55. The zero-order chi connectivity index (χ0) is 11.0. The molecule has 0 amide bonds. The average molecular weight is 197 g/mol. The summed E-state index contributed by atoms with van der Waals surface area (Å²) in [4.78, 5) is 10.7. The number of rotatable bonds is 7. The molecule has 1 atom stereocenters. The molecular weight excluding hydrogens is 181 g/mol. The molecular formula is C11H16FNO. The number of carbonyl (C=O) groups is 1. The number of hydrogen-bond donors (Lipinski definition) is 0. The lowest BCUT2D eigenvalue weighted by Gasteiger charge is -2.22. The summed E-state index contributed by atoms with van der Waals surface area (Å²) in [6.45, 7) is 4.92. The van der Waals surface area contributed by atoms with Crippen LogP contribution in [0.4, 0.5) is 4.39 Å². The monoisotopic (exact) mass is 197 g/mol. The molecule has 0 aliphatic heterocycles. The standard InChI is InChI=1S/C11H16FNO/c1-3-6-11(12,7-4-9-13)8-5-10(2)14/h3H,1,4-8H2,2H3. The highest BCUT2D eigenvalue weighted by atomic mass is 19.1. The van der Waals surface area contributed by atoms with Crippen LogP contribution in [0.15, 0.2) is 12.7 Å². The summed E-state index contributed by atoms with van der Waals surface area (Å²) < 4.78 is 14.0. The maximum atomic E-state index is 14.0. The van der Waals surface area contributed by atoms with Gasteiger partial charge in [-0.2, -0.15) is 5.26 Å². The fraction of sp³-hybridized carbons (Fsp3) is 0.636. The van der Waals surface area contributed by atoms with Crippen molar-refractivity contribution in [3.8, 4) is 6.07 Å². The van der Waals surface area contributed by atoms with E-state index in [1.807, 2.05) is 6.07 Å². The number of nitriles is 1. The average Bonchev–Trinajstić information content (AvgIpc) is 2.13. The summed E-state index contributed by atoms with van der Waals surface area (Å²) in [7, 11) is 0. The number of nitrogens with zero attached hydrogens (tertiary/aromatic N) is 1. The number of alkyl halides is 1. The third-order valence-corrected chi connectivity index (χ3v) is 2.12. The van der Waals surface area contributed by atoms with Crippen LogP contribution in [0.3, 0.4) is 0 Å². The number of Topliss-reactive ketones (excluding diaryl/α,β-unsaturated/α-hetero) is 1. The Balaban J connectivity index is 4.16. The molecule has 0 rings (SSSR count). The Labute approximate surface area is 84.4 Å². The van der Waals surface area contributed by atoms with E-state index >= 15 is 0 Å². The van der Waals surface area contributed by atoms with E-state index in [0.29, 0.717) is 0 Å². The molecule has 0 fully saturated rings. The second-order valence-corrected chi connectivity index (χ2v) is 3.50. The van der Waals surface area contributed by atoms with E-state index in [0.717, 1.165) is 0 Å². The minimum atomic E-state index is -1.43. The predicted octanol–water partition coefficient (Wildman–Crippen LogP) is 2.94. The van der Waals surface area contributed by atoms with Gasteiger partial charge in [0, 0.05) is 12.8 Å². The van der Waals surface area contributed by atoms with Gasteiger partial charge in [-0.25, -0.2) is 4.39 Å². The zero-order valence-corrected chi connectivity index (χ0v) is 8.55. The first-order chi connectivity index (χ1) is 6.54. The molecule has 1 unspecified atom stereocenters. The molecule has 0 N–H and O–H groups in total. The molecule has 0 heterocycles. The van der Waals surface area contributed by atoms with Gasteiger partial charge in [-0.15, -0.1) is 6.58 Å². The summed E-state index contributed by atoms with van der Waals surface area (Å²) in [6, 6.07) is 1.91. The molecule has 0 aromatic rings. The molecule has 2 nitrogen and oxygen atoms in total. The van der Waals surface area contributed by atoms with Crippen LogP contribution >= 0.6 is 0 Å². The van der Waals surface area contributed by atoms with E-state index in [4.69, 9.17) is 5.26 Å². The molecule has 0 aliphatic rings. The van der Waals surface area contributed by atoms with Gasteiger partial charge in [0.15, 0.2) is 0 Å². The lowest BCUT2D eigenvalue weighted by Crippen LogP contribution is -2.22. The van der Waals surface area contributed by atoms with Gasteiger partial charge in [0.2, 0.25) is 0 Å². The lowest BCUT2D eigenvalue weighted by atomic mass is 9.90. The minimum absolute atomic E-state index is 0.0203. The number of halogens is 1. The Hall–Kier alpha value is -1.17. The summed E-state index contributed by atoms with van der Waals surface area (Å²) in [6.07, 6.45) is 2.50. The van der Waals surface area contributed by atoms with Crippen LogP contribution in [0.2, 0.25) is 0 Å². The molecule has 0 aliphatic carbocycles. The molecule has 14 heavy (non-hydrogen) atoms. The van der Waals surface area contributed by atoms with Crippen LogP contribution in [0.1, 0.15) is 39.0 Å². The molecule has 0 saturated carbocycles. The van der Waals surface area contributed by atoms with E-state index in [1.165, 1.54) is 13.0 Å². The number of ketones is 1. The molecule has 78 valence electrons. The SMILES string of the molecule is C=CCC(F)(CCC#N)CCC(C)=O. The van der Waals surface area contributed by atoms with E-state index < -0.39 is 5.67 Å². The fourth-order valence-corrected chi connectivity index (χ4v) is 1.27. The lowest BCUT2D eigenvalue weighted by molar-refractivity contribution is -0.117. The summed E-state index contributed by atoms with van der Waals surface area (Å²) in [5.74, 6) is -0.0203. The number of hydrogen-bond acceptors (Lipinski definition) is 2. The maximum Gasteiger partial charge on any atom is 0.129 e. The van der Waals surface area contributed by atoms with E-state index in [2.05, 4.69) is 6.58 Å². The maximum absolute atomic E-state index is 14.0. The highest BCUT2D eigenvalue weighted by Crippen LogP contribution is 2.28. The Bertz CT molecular complexity index is 244. The number of carbonyl (C=O) groups excluding carboxylic acids is 1. The van der Waals surface area contributed by atoms with Crippen LogP contribution in [-0.2, 0) is 4.79 Å². The van der Waals surface area contributed by atoms with Gasteiger partial charge in [-0.05, 0) is 26.2 Å². The van der Waals surface area contributed by atoms with Gasteiger partial charge in [0.05, 0.1) is 6.07 Å². The van der Waals surface area contributed by atoms with E-state index in [-0.39, 0.29) is 37.9 Å². The fourth-order valence-electron chi connectivity index (χ4n) is 1.27. The van der Waals surface area contributed by atoms with Crippen molar-refractivity contribution < 1.29 is 9.18 Å². The van der Waals surface area contributed by atoms with Gasteiger partial charge >= 0.3 is 0 Å². The first-order valence-corrected chi connectivity index (χ1v) is 4.70. The van der Waals surface area contributed by atoms with Crippen LogP contribution in [0.5, 0.6) is 0 Å². The third-order valence-electron chi connectivity index (χ3n) is 2.12. The normalized spacial score (nSPS) is 14.1. The molecule has 0 bridgehead atoms. The van der Waals surface area contributed by atoms with Crippen molar-refractivity contribution in [3.63, 3.8) is 0 Å². The first-order valence-electron chi connectivity index (χ1n) is 4.70. The van der Waals surface area contributed by atoms with Crippen molar-refractivity contribution in [2.45, 2.75) is 44.7 Å². The van der Waals surface area contributed by atoms with Crippen molar-refractivity contribution in [1.82, 2.24) is 0 Å². The quantitative estimate of drug-likeness (QED) is 0.589. The minimum Gasteiger partial charge on any atom is -0.300 e. The third kappa shape index (κ3) is 5.47. The Morgan fingerprint density at radius 1 is 1.64 bits per heavy atom. The molecule has 0 aromatic heterocycles. The van der Waals surface area contributed by atoms with Crippen molar-refractivity contribution in [1.29, 1.82) is 5.26 Å². The van der Waals surface area contributed by atoms with Crippen molar-refractivity contribution in [3.05, 3.63) is 12.7 Å². The van der Waals surface area contributed by atoms with E-state index in [1.54, 1.807) is 0 Å². The van der Waals surface area contributed by atoms with Crippen LogP contribution in [-0.4, -0.2) is 11.5 Å².